The van der Waals surface area contributed by atoms with E-state index in [2.05, 4.69) is 20.5 Å². The molecule has 0 saturated carbocycles. The van der Waals surface area contributed by atoms with Gasteiger partial charge in [0.25, 0.3) is 0 Å². The van der Waals surface area contributed by atoms with E-state index < -0.39 is 0 Å². The predicted octanol–water partition coefficient (Wildman–Crippen LogP) is 2.71. The van der Waals surface area contributed by atoms with E-state index in [-0.39, 0.29) is 11.8 Å². The van der Waals surface area contributed by atoms with Crippen LogP contribution >= 0.6 is 11.6 Å². The van der Waals surface area contributed by atoms with Gasteiger partial charge in [0.1, 0.15) is 5.75 Å². The van der Waals surface area contributed by atoms with Crippen LogP contribution in [0.5, 0.6) is 5.75 Å². The van der Waals surface area contributed by atoms with E-state index in [0.717, 1.165) is 5.56 Å². The third-order valence-corrected chi connectivity index (χ3v) is 2.87. The zero-order valence-corrected chi connectivity index (χ0v) is 10.8. The average Bonchev–Trinajstić information content (AvgIpc) is 2.34. The van der Waals surface area contributed by atoms with Crippen molar-refractivity contribution in [3.8, 4) is 5.75 Å². The van der Waals surface area contributed by atoms with Crippen LogP contribution in [0.4, 0.5) is 5.95 Å². The van der Waals surface area contributed by atoms with Crippen molar-refractivity contribution < 1.29 is 5.11 Å². The zero-order chi connectivity index (χ0) is 13.1. The second-order valence-electron chi connectivity index (χ2n) is 3.97. The topological polar surface area (TPSA) is 70.9 Å². The van der Waals surface area contributed by atoms with Gasteiger partial charge in [0.05, 0.1) is 11.7 Å². The van der Waals surface area contributed by atoms with Gasteiger partial charge in [-0.2, -0.15) is 0 Å². The number of hydrogen-bond donors (Lipinski definition) is 2. The molecule has 1 heterocycles. The van der Waals surface area contributed by atoms with Crippen LogP contribution in [0, 0.1) is 6.92 Å². The molecule has 1 aromatic heterocycles. The third kappa shape index (κ3) is 2.87. The molecule has 1 unspecified atom stereocenters. The van der Waals surface area contributed by atoms with Crippen LogP contribution in [0.25, 0.3) is 0 Å². The van der Waals surface area contributed by atoms with Crippen molar-refractivity contribution in [2.45, 2.75) is 19.9 Å². The Balaban J connectivity index is 2.16. The minimum absolute atomic E-state index is 0.0422. The first kappa shape index (κ1) is 12.6. The fraction of sp³-hybridized carbons (Fsp3) is 0.250. The maximum Gasteiger partial charge on any atom is 0.243 e. The largest absolute Gasteiger partial charge is 0.508 e. The molecule has 6 heteroatoms. The van der Waals surface area contributed by atoms with Crippen LogP contribution in [0.3, 0.4) is 0 Å². The molecule has 1 aromatic carbocycles. The second-order valence-corrected chi connectivity index (χ2v) is 4.33. The van der Waals surface area contributed by atoms with Crippen LogP contribution in [-0.2, 0) is 0 Å². The molecular weight excluding hydrogens is 252 g/mol. The number of benzene rings is 1. The van der Waals surface area contributed by atoms with E-state index in [0.29, 0.717) is 16.8 Å². The molecule has 2 rings (SSSR count). The Morgan fingerprint density at radius 3 is 2.78 bits per heavy atom. The SMILES string of the molecule is Cc1nc(NC(C)c2cccc(O)c2)nnc1Cl. The molecular formula is C12H13ClN4O. The van der Waals surface area contributed by atoms with E-state index in [1.807, 2.05) is 13.0 Å². The fourth-order valence-electron chi connectivity index (χ4n) is 1.52. The highest BCUT2D eigenvalue weighted by molar-refractivity contribution is 6.29. The summed E-state index contributed by atoms with van der Waals surface area (Å²) in [6.07, 6.45) is 0. The molecule has 94 valence electrons. The molecule has 0 spiro atoms. The van der Waals surface area contributed by atoms with Gasteiger partial charge >= 0.3 is 0 Å². The quantitative estimate of drug-likeness (QED) is 0.892. The zero-order valence-electron chi connectivity index (χ0n) is 10.1. The summed E-state index contributed by atoms with van der Waals surface area (Å²) in [4.78, 5) is 4.18. The van der Waals surface area contributed by atoms with Gasteiger partial charge in [-0.25, -0.2) is 4.98 Å². The summed E-state index contributed by atoms with van der Waals surface area (Å²) in [5.74, 6) is 0.639. The number of aryl methyl sites for hydroxylation is 1. The normalized spacial score (nSPS) is 12.2. The number of phenolic OH excluding ortho intramolecular Hbond substituents is 1. The Kier molecular flexibility index (Phi) is 3.62. The molecule has 0 bridgehead atoms. The number of aromatic hydroxyl groups is 1. The Morgan fingerprint density at radius 2 is 2.11 bits per heavy atom. The van der Waals surface area contributed by atoms with Crippen molar-refractivity contribution in [3.63, 3.8) is 0 Å². The molecule has 0 aliphatic carbocycles. The lowest BCUT2D eigenvalue weighted by Crippen LogP contribution is -2.10. The average molecular weight is 265 g/mol. The lowest BCUT2D eigenvalue weighted by atomic mass is 10.1. The maximum absolute atomic E-state index is 9.42. The van der Waals surface area contributed by atoms with Crippen molar-refractivity contribution in [3.05, 3.63) is 40.7 Å². The summed E-state index contributed by atoms with van der Waals surface area (Å²) >= 11 is 5.76. The lowest BCUT2D eigenvalue weighted by Gasteiger charge is -2.14. The van der Waals surface area contributed by atoms with Gasteiger partial charge in [-0.15, -0.1) is 10.2 Å². The van der Waals surface area contributed by atoms with E-state index in [9.17, 15) is 5.11 Å². The van der Waals surface area contributed by atoms with Gasteiger partial charge in [0.15, 0.2) is 5.15 Å². The second kappa shape index (κ2) is 5.18. The van der Waals surface area contributed by atoms with Crippen LogP contribution in [0.2, 0.25) is 5.15 Å². The van der Waals surface area contributed by atoms with Crippen LogP contribution in [0.1, 0.15) is 24.2 Å². The van der Waals surface area contributed by atoms with Crippen LogP contribution in [-0.4, -0.2) is 20.3 Å². The molecule has 5 nitrogen and oxygen atoms in total. The highest BCUT2D eigenvalue weighted by atomic mass is 35.5. The Bertz CT molecular complexity index is 562. The smallest absolute Gasteiger partial charge is 0.243 e. The van der Waals surface area contributed by atoms with Crippen molar-refractivity contribution in [1.82, 2.24) is 15.2 Å². The minimum Gasteiger partial charge on any atom is -0.508 e. The molecule has 0 saturated heterocycles. The minimum atomic E-state index is -0.0422. The standard InChI is InChI=1S/C12H13ClN4O/c1-7(9-4-3-5-10(18)6-9)14-12-15-8(2)11(13)16-17-12/h3-7,18H,1-2H3,(H,14,15,17). The number of nitrogens with zero attached hydrogens (tertiary/aromatic N) is 3. The summed E-state index contributed by atoms with van der Waals surface area (Å²) < 4.78 is 0. The third-order valence-electron chi connectivity index (χ3n) is 2.52. The van der Waals surface area contributed by atoms with E-state index in [1.54, 1.807) is 25.1 Å². The van der Waals surface area contributed by atoms with E-state index in [4.69, 9.17) is 11.6 Å². The first-order chi connectivity index (χ1) is 8.56. The molecule has 2 aromatic rings. The van der Waals surface area contributed by atoms with Crippen LogP contribution in [0.15, 0.2) is 24.3 Å². The van der Waals surface area contributed by atoms with Crippen molar-refractivity contribution >= 4 is 17.5 Å². The Morgan fingerprint density at radius 1 is 1.33 bits per heavy atom. The van der Waals surface area contributed by atoms with Crippen molar-refractivity contribution in [2.24, 2.45) is 0 Å². The molecule has 18 heavy (non-hydrogen) atoms. The number of rotatable bonds is 3. The summed E-state index contributed by atoms with van der Waals surface area (Å²) in [6.45, 7) is 3.71. The first-order valence-electron chi connectivity index (χ1n) is 5.48. The molecule has 0 aliphatic rings. The van der Waals surface area contributed by atoms with E-state index >= 15 is 0 Å². The predicted molar refractivity (Wildman–Crippen MR) is 69.7 cm³/mol. The van der Waals surface area contributed by atoms with Gasteiger partial charge in [-0.1, -0.05) is 23.7 Å². The monoisotopic (exact) mass is 264 g/mol. The lowest BCUT2D eigenvalue weighted by molar-refractivity contribution is 0.474. The highest BCUT2D eigenvalue weighted by Crippen LogP contribution is 2.20. The summed E-state index contributed by atoms with van der Waals surface area (Å²) in [7, 11) is 0. The van der Waals surface area contributed by atoms with Gasteiger partial charge < -0.3 is 10.4 Å². The summed E-state index contributed by atoms with van der Waals surface area (Å²) in [5.41, 5.74) is 1.56. The molecule has 0 aliphatic heterocycles. The van der Waals surface area contributed by atoms with Crippen molar-refractivity contribution in [1.29, 1.82) is 0 Å². The van der Waals surface area contributed by atoms with Gasteiger partial charge in [-0.05, 0) is 31.5 Å². The Labute approximate surface area is 110 Å². The van der Waals surface area contributed by atoms with Crippen molar-refractivity contribution in [2.75, 3.05) is 5.32 Å². The summed E-state index contributed by atoms with van der Waals surface area (Å²) in [6, 6.07) is 6.97. The summed E-state index contributed by atoms with van der Waals surface area (Å²) in [5, 5.41) is 20.5. The van der Waals surface area contributed by atoms with Crippen LogP contribution < -0.4 is 5.32 Å². The molecule has 2 N–H and O–H groups in total. The fourth-order valence-corrected chi connectivity index (χ4v) is 1.60. The number of phenols is 1. The van der Waals surface area contributed by atoms with Gasteiger partial charge in [0, 0.05) is 0 Å². The molecule has 0 amide bonds. The van der Waals surface area contributed by atoms with E-state index in [1.165, 1.54) is 0 Å². The molecule has 0 fully saturated rings. The number of hydrogen-bond acceptors (Lipinski definition) is 5. The highest BCUT2D eigenvalue weighted by Gasteiger charge is 2.09. The molecule has 0 radical (unpaired) electrons. The Hall–Kier alpha value is -1.88. The maximum atomic E-state index is 9.42. The number of halogens is 1. The number of anilines is 1. The molecule has 1 atom stereocenters. The van der Waals surface area contributed by atoms with Gasteiger partial charge in [0.2, 0.25) is 5.95 Å². The number of nitrogens with one attached hydrogen (secondary N) is 1. The first-order valence-corrected chi connectivity index (χ1v) is 5.86. The number of aromatic nitrogens is 3. The van der Waals surface area contributed by atoms with Gasteiger partial charge in [-0.3, -0.25) is 0 Å².